The van der Waals surface area contributed by atoms with Gasteiger partial charge in [-0.05, 0) is 19.2 Å². The highest BCUT2D eigenvalue weighted by atomic mass is 19.4. The molecule has 0 bridgehead atoms. The molecule has 7 nitrogen and oxygen atoms in total. The van der Waals surface area contributed by atoms with E-state index in [1.807, 2.05) is 0 Å². The van der Waals surface area contributed by atoms with Crippen molar-refractivity contribution in [3.63, 3.8) is 0 Å². The maximum absolute atomic E-state index is 12.2. The lowest BCUT2D eigenvalue weighted by Gasteiger charge is -2.17. The zero-order chi connectivity index (χ0) is 17.6. The Kier molecular flexibility index (Phi) is 6.31. The summed E-state index contributed by atoms with van der Waals surface area (Å²) in [6.45, 7) is -0.811. The van der Waals surface area contributed by atoms with Crippen LogP contribution in [-0.4, -0.2) is 55.7 Å². The van der Waals surface area contributed by atoms with Gasteiger partial charge in [-0.2, -0.15) is 13.2 Å². The molecule has 1 aromatic rings. The summed E-state index contributed by atoms with van der Waals surface area (Å²) in [6, 6.07) is 2.92. The van der Waals surface area contributed by atoms with Crippen molar-refractivity contribution in [3.05, 3.63) is 33.9 Å². The Morgan fingerprint density at radius 1 is 1.43 bits per heavy atom. The molecule has 1 amide bonds. The molecule has 0 aromatic heterocycles. The lowest BCUT2D eigenvalue weighted by atomic mass is 10.1. The van der Waals surface area contributed by atoms with Crippen LogP contribution in [0, 0.1) is 10.1 Å². The maximum Gasteiger partial charge on any atom is 0.422 e. The number of alkyl halides is 3. The monoisotopic (exact) mass is 335 g/mol. The minimum atomic E-state index is -4.55. The molecule has 0 saturated heterocycles. The van der Waals surface area contributed by atoms with Gasteiger partial charge >= 0.3 is 6.18 Å². The van der Waals surface area contributed by atoms with Crippen molar-refractivity contribution in [2.75, 3.05) is 33.8 Å². The van der Waals surface area contributed by atoms with Gasteiger partial charge in [0.05, 0.1) is 4.92 Å². The SMILES string of the molecule is CNCCN(C)C(=O)c1cc(OCC(F)(F)F)ccc1[N+](=O)[O-]. The summed E-state index contributed by atoms with van der Waals surface area (Å²) in [5.41, 5.74) is -0.820. The molecule has 0 fully saturated rings. The van der Waals surface area contributed by atoms with E-state index < -0.39 is 29.3 Å². The number of nitro groups is 1. The fourth-order valence-electron chi connectivity index (χ4n) is 1.69. The number of benzene rings is 1. The molecule has 1 rings (SSSR count). The predicted molar refractivity (Wildman–Crippen MR) is 75.5 cm³/mol. The summed E-state index contributed by atoms with van der Waals surface area (Å²) in [4.78, 5) is 23.7. The average molecular weight is 335 g/mol. The van der Waals surface area contributed by atoms with E-state index in [1.165, 1.54) is 11.9 Å². The van der Waals surface area contributed by atoms with Crippen LogP contribution >= 0.6 is 0 Å². The van der Waals surface area contributed by atoms with Crippen LogP contribution in [0.1, 0.15) is 10.4 Å². The molecular weight excluding hydrogens is 319 g/mol. The first kappa shape index (κ1) is 18.7. The van der Waals surface area contributed by atoms with E-state index in [1.54, 1.807) is 7.05 Å². The quantitative estimate of drug-likeness (QED) is 0.607. The van der Waals surface area contributed by atoms with Gasteiger partial charge in [-0.1, -0.05) is 0 Å². The zero-order valence-electron chi connectivity index (χ0n) is 12.5. The third-order valence-corrected chi connectivity index (χ3v) is 2.84. The van der Waals surface area contributed by atoms with Gasteiger partial charge in [0.2, 0.25) is 0 Å². The number of likely N-dealkylation sites (N-methyl/N-ethyl adjacent to an activating group) is 2. The molecular formula is C13H16F3N3O4. The summed E-state index contributed by atoms with van der Waals surface area (Å²) in [5, 5.41) is 13.8. The number of halogens is 3. The topological polar surface area (TPSA) is 84.7 Å². The third kappa shape index (κ3) is 5.74. The van der Waals surface area contributed by atoms with Crippen LogP contribution in [0.3, 0.4) is 0 Å². The highest BCUT2D eigenvalue weighted by Gasteiger charge is 2.29. The Hall–Kier alpha value is -2.36. The van der Waals surface area contributed by atoms with Gasteiger partial charge in [-0.15, -0.1) is 0 Å². The van der Waals surface area contributed by atoms with Gasteiger partial charge in [0, 0.05) is 26.2 Å². The highest BCUT2D eigenvalue weighted by molar-refractivity contribution is 5.98. The number of nitrogens with zero attached hydrogens (tertiary/aromatic N) is 2. The van der Waals surface area contributed by atoms with Crippen LogP contribution in [0.15, 0.2) is 18.2 Å². The van der Waals surface area contributed by atoms with E-state index in [4.69, 9.17) is 0 Å². The highest BCUT2D eigenvalue weighted by Crippen LogP contribution is 2.26. The van der Waals surface area contributed by atoms with Crippen LogP contribution in [0.2, 0.25) is 0 Å². The van der Waals surface area contributed by atoms with Gasteiger partial charge in [-0.25, -0.2) is 0 Å². The molecule has 0 aliphatic rings. The van der Waals surface area contributed by atoms with E-state index >= 15 is 0 Å². The molecule has 0 radical (unpaired) electrons. The largest absolute Gasteiger partial charge is 0.484 e. The van der Waals surface area contributed by atoms with E-state index in [0.29, 0.717) is 6.54 Å². The molecule has 23 heavy (non-hydrogen) atoms. The van der Waals surface area contributed by atoms with Gasteiger partial charge in [0.1, 0.15) is 11.3 Å². The molecule has 10 heteroatoms. The second-order valence-electron chi connectivity index (χ2n) is 4.67. The van der Waals surface area contributed by atoms with E-state index in [-0.39, 0.29) is 17.9 Å². The van der Waals surface area contributed by atoms with Crippen LogP contribution < -0.4 is 10.1 Å². The number of carbonyl (C=O) groups is 1. The average Bonchev–Trinajstić information content (AvgIpc) is 2.48. The fourth-order valence-corrected chi connectivity index (χ4v) is 1.69. The number of amides is 1. The molecule has 0 atom stereocenters. The number of carbonyl (C=O) groups excluding carboxylic acids is 1. The number of nitrogens with one attached hydrogen (secondary N) is 1. The third-order valence-electron chi connectivity index (χ3n) is 2.84. The summed E-state index contributed by atoms with van der Waals surface area (Å²) in [6.07, 6.45) is -4.55. The first-order valence-corrected chi connectivity index (χ1v) is 6.53. The lowest BCUT2D eigenvalue weighted by Crippen LogP contribution is -2.33. The summed E-state index contributed by atoms with van der Waals surface area (Å²) >= 11 is 0. The van der Waals surface area contributed by atoms with Crippen LogP contribution in [0.5, 0.6) is 5.75 Å². The second-order valence-corrected chi connectivity index (χ2v) is 4.67. The Bertz CT molecular complexity index is 578. The number of ether oxygens (including phenoxy) is 1. The van der Waals surface area contributed by atoms with Crippen LogP contribution in [-0.2, 0) is 0 Å². The smallest absolute Gasteiger partial charge is 0.422 e. The van der Waals surface area contributed by atoms with Crippen molar-refractivity contribution < 1.29 is 27.6 Å². The van der Waals surface area contributed by atoms with Gasteiger partial charge < -0.3 is 15.0 Å². The minimum Gasteiger partial charge on any atom is -0.484 e. The first-order valence-electron chi connectivity index (χ1n) is 6.53. The van der Waals surface area contributed by atoms with Crippen molar-refractivity contribution >= 4 is 11.6 Å². The Labute approximate surface area is 130 Å². The maximum atomic E-state index is 12.2. The van der Waals surface area contributed by atoms with Crippen molar-refractivity contribution in [1.82, 2.24) is 10.2 Å². The van der Waals surface area contributed by atoms with Crippen molar-refractivity contribution in [1.29, 1.82) is 0 Å². The summed E-state index contributed by atoms with van der Waals surface area (Å²) < 4.78 is 41.0. The van der Waals surface area contributed by atoms with Crippen molar-refractivity contribution in [2.45, 2.75) is 6.18 Å². The van der Waals surface area contributed by atoms with Gasteiger partial charge in [0.25, 0.3) is 11.6 Å². The molecule has 0 saturated carbocycles. The molecule has 1 N–H and O–H groups in total. The van der Waals surface area contributed by atoms with Crippen LogP contribution in [0.4, 0.5) is 18.9 Å². The molecule has 1 aromatic carbocycles. The number of rotatable bonds is 7. The molecule has 128 valence electrons. The minimum absolute atomic E-state index is 0.265. The predicted octanol–water partition coefficient (Wildman–Crippen LogP) is 1.83. The number of hydrogen-bond donors (Lipinski definition) is 1. The van der Waals surface area contributed by atoms with Crippen LogP contribution in [0.25, 0.3) is 0 Å². The Morgan fingerprint density at radius 3 is 2.61 bits per heavy atom. The molecule has 0 heterocycles. The zero-order valence-corrected chi connectivity index (χ0v) is 12.5. The first-order chi connectivity index (χ1) is 10.7. The van der Waals surface area contributed by atoms with Crippen molar-refractivity contribution in [2.24, 2.45) is 0 Å². The number of hydrogen-bond acceptors (Lipinski definition) is 5. The van der Waals surface area contributed by atoms with Crippen molar-refractivity contribution in [3.8, 4) is 5.75 Å². The Balaban J connectivity index is 3.05. The lowest BCUT2D eigenvalue weighted by molar-refractivity contribution is -0.385. The second kappa shape index (κ2) is 7.77. The Morgan fingerprint density at radius 2 is 2.09 bits per heavy atom. The molecule has 0 aliphatic heterocycles. The van der Waals surface area contributed by atoms with E-state index in [9.17, 15) is 28.1 Å². The normalized spacial score (nSPS) is 11.2. The molecule has 0 aliphatic carbocycles. The van der Waals surface area contributed by atoms with Gasteiger partial charge in [-0.3, -0.25) is 14.9 Å². The van der Waals surface area contributed by atoms with E-state index in [2.05, 4.69) is 10.1 Å². The fraction of sp³-hybridized carbons (Fsp3) is 0.462. The number of nitro benzene ring substituents is 1. The van der Waals surface area contributed by atoms with Gasteiger partial charge in [0.15, 0.2) is 6.61 Å². The standard InChI is InChI=1S/C13H16F3N3O4/c1-17-5-6-18(2)12(20)10-7-9(23-8-13(14,15)16)3-4-11(10)19(21)22/h3-4,7,17H,5-6,8H2,1-2H3. The molecule has 0 spiro atoms. The van der Waals surface area contributed by atoms with E-state index in [0.717, 1.165) is 18.2 Å². The molecule has 0 unspecified atom stereocenters. The summed E-state index contributed by atoms with van der Waals surface area (Å²) in [5.74, 6) is -0.942. The summed E-state index contributed by atoms with van der Waals surface area (Å²) in [7, 11) is 3.11.